The van der Waals surface area contributed by atoms with Gasteiger partial charge < -0.3 is 38.0 Å². The number of likely N-dealkylation sites (N-methyl/N-ethyl adjacent to an activating group) is 1. The number of benzene rings is 2. The van der Waals surface area contributed by atoms with E-state index >= 15 is 0 Å². The summed E-state index contributed by atoms with van der Waals surface area (Å²) in [5.74, 6) is -1.08. The van der Waals surface area contributed by atoms with E-state index in [0.29, 0.717) is 10.9 Å². The van der Waals surface area contributed by atoms with Crippen molar-refractivity contribution in [3.05, 3.63) is 65.4 Å². The van der Waals surface area contributed by atoms with Gasteiger partial charge in [0.1, 0.15) is 4.90 Å². The molecule has 9 nitrogen and oxygen atoms in total. The maximum atomic E-state index is 13.2. The monoisotopic (exact) mass is 635 g/mol. The second kappa shape index (κ2) is 10.8. The third-order valence-electron chi connectivity index (χ3n) is 5.31. The largest absolute Gasteiger partial charge is 1.00 e. The number of quaternary nitrogens is 1. The van der Waals surface area contributed by atoms with Crippen molar-refractivity contribution in [2.75, 3.05) is 41.3 Å². The topological polar surface area (TPSA) is 110 Å². The van der Waals surface area contributed by atoms with Crippen LogP contribution in [0.25, 0.3) is 5.76 Å². The van der Waals surface area contributed by atoms with Crippen LogP contribution in [0.5, 0.6) is 0 Å². The third kappa shape index (κ3) is 6.54. The van der Waals surface area contributed by atoms with Crippen molar-refractivity contribution in [1.29, 1.82) is 0 Å². The minimum absolute atomic E-state index is 0. The SMILES string of the molecule is Cc1ccc(S(=O)(=O)OC2=C(C(=O)NCCC[N+](C)(C)C)N(C)S(=O)(=O)c3ccccc32)cc1.[I-]. The van der Waals surface area contributed by atoms with E-state index in [4.69, 9.17) is 4.18 Å². The van der Waals surface area contributed by atoms with Gasteiger partial charge in [-0.1, -0.05) is 29.8 Å². The molecule has 1 heterocycles. The molecule has 3 rings (SSSR count). The predicted octanol–water partition coefficient (Wildman–Crippen LogP) is -1.08. The number of halogens is 1. The van der Waals surface area contributed by atoms with E-state index in [-0.39, 0.29) is 57.3 Å². The molecule has 0 saturated heterocycles. The van der Waals surface area contributed by atoms with Crippen LogP contribution in [0, 0.1) is 6.92 Å². The van der Waals surface area contributed by atoms with Crippen molar-refractivity contribution in [1.82, 2.24) is 9.62 Å². The molecule has 0 atom stereocenters. The fourth-order valence-electron chi connectivity index (χ4n) is 3.45. The van der Waals surface area contributed by atoms with E-state index in [0.717, 1.165) is 16.4 Å². The lowest BCUT2D eigenvalue weighted by Crippen LogP contribution is -3.00. The Hall–Kier alpha value is -2.16. The zero-order chi connectivity index (χ0) is 25.3. The van der Waals surface area contributed by atoms with Gasteiger partial charge in [0.05, 0.1) is 32.6 Å². The van der Waals surface area contributed by atoms with E-state index in [9.17, 15) is 21.6 Å². The van der Waals surface area contributed by atoms with Gasteiger partial charge >= 0.3 is 10.1 Å². The average molecular weight is 636 g/mol. The molecule has 0 radical (unpaired) electrons. The number of hydrogen-bond acceptors (Lipinski definition) is 6. The molecule has 1 aliphatic heterocycles. The number of carbonyl (C=O) groups excluding carboxylic acids is 1. The van der Waals surface area contributed by atoms with Crippen LogP contribution in [-0.4, -0.2) is 72.8 Å². The number of rotatable bonds is 8. The molecule has 1 N–H and O–H groups in total. The standard InChI is InChI=1S/C23H29N3O6S2.HI/c1-17-11-13-18(14-12-17)34(30,31)32-22-19-9-6-7-10-20(19)33(28,29)25(2)21(22)23(27)24-15-8-16-26(3,4)5;/h6-7,9-14H,8,15-16H2,1-5H3;1H. The number of aryl methyl sites for hydroxylation is 1. The van der Waals surface area contributed by atoms with Crippen molar-refractivity contribution >= 4 is 31.8 Å². The highest BCUT2D eigenvalue weighted by atomic mass is 127. The first-order chi connectivity index (χ1) is 15.7. The lowest BCUT2D eigenvalue weighted by Gasteiger charge is -2.30. The maximum Gasteiger partial charge on any atom is 0.339 e. The Morgan fingerprint density at radius 2 is 1.66 bits per heavy atom. The van der Waals surface area contributed by atoms with E-state index in [1.54, 1.807) is 18.2 Å². The van der Waals surface area contributed by atoms with Gasteiger partial charge in [-0.05, 0) is 31.2 Å². The quantitative estimate of drug-likeness (QED) is 0.171. The number of hydrogen-bond donors (Lipinski definition) is 1. The Morgan fingerprint density at radius 3 is 2.26 bits per heavy atom. The zero-order valence-electron chi connectivity index (χ0n) is 20.3. The summed E-state index contributed by atoms with van der Waals surface area (Å²) in [6.07, 6.45) is 0.646. The molecule has 0 spiro atoms. The van der Waals surface area contributed by atoms with Crippen LogP contribution in [0.3, 0.4) is 0 Å². The Morgan fingerprint density at radius 1 is 1.06 bits per heavy atom. The molecule has 1 amide bonds. The van der Waals surface area contributed by atoms with E-state index in [1.807, 2.05) is 28.1 Å². The van der Waals surface area contributed by atoms with E-state index < -0.39 is 26.0 Å². The number of nitrogens with one attached hydrogen (secondary N) is 1. The Labute approximate surface area is 224 Å². The summed E-state index contributed by atoms with van der Waals surface area (Å²) in [4.78, 5) is 12.9. The van der Waals surface area contributed by atoms with Gasteiger partial charge in [0.2, 0.25) is 0 Å². The summed E-state index contributed by atoms with van der Waals surface area (Å²) in [7, 11) is -1.19. The summed E-state index contributed by atoms with van der Waals surface area (Å²) >= 11 is 0. The van der Waals surface area contributed by atoms with Crippen LogP contribution in [0.4, 0.5) is 0 Å². The van der Waals surface area contributed by atoms with Crippen LogP contribution in [-0.2, 0) is 29.1 Å². The molecule has 2 aromatic rings. The van der Waals surface area contributed by atoms with Crippen LogP contribution in [0.1, 0.15) is 17.5 Å². The molecule has 192 valence electrons. The molecule has 0 saturated carbocycles. The highest BCUT2D eigenvalue weighted by Crippen LogP contribution is 2.38. The highest BCUT2D eigenvalue weighted by Gasteiger charge is 2.40. The molecule has 0 unspecified atom stereocenters. The predicted molar refractivity (Wildman–Crippen MR) is 128 cm³/mol. The van der Waals surface area contributed by atoms with Gasteiger partial charge in [-0.25, -0.2) is 8.42 Å². The first kappa shape index (κ1) is 29.1. The fourth-order valence-corrected chi connectivity index (χ4v) is 5.79. The van der Waals surface area contributed by atoms with E-state index in [1.165, 1.54) is 37.4 Å². The van der Waals surface area contributed by atoms with Crippen molar-refractivity contribution in [3.63, 3.8) is 0 Å². The van der Waals surface area contributed by atoms with Gasteiger partial charge in [-0.3, -0.25) is 9.10 Å². The molecule has 12 heteroatoms. The zero-order valence-corrected chi connectivity index (χ0v) is 24.1. The number of fused-ring (bicyclic) bond motifs is 1. The minimum atomic E-state index is -4.35. The van der Waals surface area contributed by atoms with Crippen molar-refractivity contribution in [2.45, 2.75) is 23.1 Å². The molecule has 0 aromatic heterocycles. The molecule has 0 bridgehead atoms. The Bertz CT molecular complexity index is 1330. The van der Waals surface area contributed by atoms with Crippen LogP contribution in [0.2, 0.25) is 0 Å². The Balaban J connectivity index is 0.00000432. The average Bonchev–Trinajstić information content (AvgIpc) is 2.75. The fraction of sp³-hybridized carbons (Fsp3) is 0.348. The first-order valence-corrected chi connectivity index (χ1v) is 13.5. The minimum Gasteiger partial charge on any atom is -1.00 e. The summed E-state index contributed by atoms with van der Waals surface area (Å²) in [6, 6.07) is 11.9. The lowest BCUT2D eigenvalue weighted by molar-refractivity contribution is -0.870. The lowest BCUT2D eigenvalue weighted by atomic mass is 10.1. The second-order valence-corrected chi connectivity index (χ2v) is 12.6. The normalized spacial score (nSPS) is 15.2. The summed E-state index contributed by atoms with van der Waals surface area (Å²) in [5.41, 5.74) is 0.480. The molecule has 0 aliphatic carbocycles. The molecular formula is C23H30IN3O6S2. The molecular weight excluding hydrogens is 605 g/mol. The van der Waals surface area contributed by atoms with Crippen molar-refractivity contribution in [3.8, 4) is 0 Å². The smallest absolute Gasteiger partial charge is 0.339 e. The number of carbonyl (C=O) groups is 1. The van der Waals surface area contributed by atoms with Gasteiger partial charge in [0.15, 0.2) is 11.5 Å². The summed E-state index contributed by atoms with van der Waals surface area (Å²) < 4.78 is 59.3. The summed E-state index contributed by atoms with van der Waals surface area (Å²) in [6.45, 7) is 2.88. The van der Waals surface area contributed by atoms with Crippen LogP contribution >= 0.6 is 0 Å². The molecule has 1 aliphatic rings. The van der Waals surface area contributed by atoms with Gasteiger partial charge in [0, 0.05) is 25.6 Å². The second-order valence-electron chi connectivity index (χ2n) is 9.12. The Kier molecular flexibility index (Phi) is 9.01. The molecule has 2 aromatic carbocycles. The van der Waals surface area contributed by atoms with Gasteiger partial charge in [0.25, 0.3) is 15.9 Å². The third-order valence-corrected chi connectivity index (χ3v) is 8.36. The van der Waals surface area contributed by atoms with Crippen LogP contribution < -0.4 is 29.3 Å². The summed E-state index contributed by atoms with van der Waals surface area (Å²) in [5, 5.41) is 2.70. The van der Waals surface area contributed by atoms with Crippen LogP contribution in [0.15, 0.2) is 64.0 Å². The number of amides is 1. The van der Waals surface area contributed by atoms with Gasteiger partial charge in [-0.2, -0.15) is 8.42 Å². The highest BCUT2D eigenvalue weighted by molar-refractivity contribution is 7.89. The molecule has 0 fully saturated rings. The van der Waals surface area contributed by atoms with E-state index in [2.05, 4.69) is 5.32 Å². The van der Waals surface area contributed by atoms with Gasteiger partial charge in [-0.15, -0.1) is 0 Å². The number of sulfonamides is 1. The van der Waals surface area contributed by atoms with Crippen molar-refractivity contribution < 1.29 is 54.3 Å². The number of nitrogens with zero attached hydrogens (tertiary/aromatic N) is 2. The molecule has 35 heavy (non-hydrogen) atoms. The van der Waals surface area contributed by atoms with Crippen molar-refractivity contribution in [2.24, 2.45) is 0 Å². The maximum absolute atomic E-state index is 13.2. The first-order valence-electron chi connectivity index (χ1n) is 10.7.